The molecule has 0 bridgehead atoms. The van der Waals surface area contributed by atoms with Crippen molar-refractivity contribution in [2.24, 2.45) is 5.41 Å². The minimum atomic E-state index is 0.480. The van der Waals surface area contributed by atoms with E-state index in [2.05, 4.69) is 35.0 Å². The largest absolute Gasteiger partial charge is 0.493 e. The third kappa shape index (κ3) is 11.5. The molecule has 1 spiro atoms. The first-order valence-electron chi connectivity index (χ1n) is 15.0. The molecule has 0 N–H and O–H groups in total. The van der Waals surface area contributed by atoms with Crippen LogP contribution in [0.25, 0.3) is 0 Å². The summed E-state index contributed by atoms with van der Waals surface area (Å²) in [6.45, 7) is 14.2. The number of para-hydroxylation sites is 2. The zero-order valence-corrected chi connectivity index (χ0v) is 25.5. The number of aromatic nitrogens is 1. The molecule has 6 nitrogen and oxygen atoms in total. The molecule has 1 aromatic carbocycles. The Labute approximate surface area is 243 Å². The number of amides is 1. The van der Waals surface area contributed by atoms with Crippen molar-refractivity contribution in [2.75, 3.05) is 46.4 Å². The van der Waals surface area contributed by atoms with Crippen molar-refractivity contribution >= 4 is 6.41 Å². The van der Waals surface area contributed by atoms with E-state index in [9.17, 15) is 4.79 Å². The van der Waals surface area contributed by atoms with Crippen molar-refractivity contribution in [3.05, 3.63) is 78.2 Å². The molecule has 2 aromatic rings. The fourth-order valence-electron chi connectivity index (χ4n) is 5.06. The van der Waals surface area contributed by atoms with Gasteiger partial charge in [-0.2, -0.15) is 0 Å². The van der Waals surface area contributed by atoms with Crippen molar-refractivity contribution in [1.82, 2.24) is 14.8 Å². The summed E-state index contributed by atoms with van der Waals surface area (Å²) in [6.07, 6.45) is 18.1. The van der Waals surface area contributed by atoms with Crippen molar-refractivity contribution in [3.63, 3.8) is 0 Å². The zero-order valence-electron chi connectivity index (χ0n) is 25.5. The summed E-state index contributed by atoms with van der Waals surface area (Å²) in [5.41, 5.74) is 3.22. The highest BCUT2D eigenvalue weighted by atomic mass is 16.5. The number of likely N-dealkylation sites (tertiary alicyclic amines) is 2. The van der Waals surface area contributed by atoms with E-state index >= 15 is 0 Å². The molecule has 2 aliphatic rings. The van der Waals surface area contributed by atoms with Gasteiger partial charge in [-0.25, -0.2) is 0 Å². The number of rotatable bonds is 10. The van der Waals surface area contributed by atoms with Gasteiger partial charge >= 0.3 is 0 Å². The van der Waals surface area contributed by atoms with E-state index in [1.165, 1.54) is 49.9 Å². The number of hydrogen-bond donors (Lipinski definition) is 0. The molecule has 220 valence electrons. The molecule has 0 saturated carbocycles. The normalized spacial score (nSPS) is 16.9. The standard InChI is InChI=1S/C26H38N2O3.C6H7N.C2H6/c1-3-23(9-5-4-8-20-31-25-11-7-6-10-24(25)30-2)21-27-16-12-26(13-17-27)14-18-28(22-29)19-15-26;1-6-2-4-7-5-3-6;1-2/h4-7,9-11,22H,3,8,12-21H2,1-2H3;2-5H,1H3;1-2H3/b5-4-,23-9+;;. The van der Waals surface area contributed by atoms with Gasteiger partial charge in [0.05, 0.1) is 13.7 Å². The first-order valence-corrected chi connectivity index (χ1v) is 15.0. The average molecular weight is 550 g/mol. The number of benzene rings is 1. The monoisotopic (exact) mass is 549 g/mol. The minimum absolute atomic E-state index is 0.480. The highest BCUT2D eigenvalue weighted by Crippen LogP contribution is 2.41. The third-order valence-electron chi connectivity index (χ3n) is 7.73. The molecule has 0 atom stereocenters. The van der Waals surface area contributed by atoms with Crippen molar-refractivity contribution in [2.45, 2.75) is 66.2 Å². The number of pyridine rings is 1. The van der Waals surface area contributed by atoms with Crippen LogP contribution in [0.2, 0.25) is 0 Å². The van der Waals surface area contributed by atoms with Gasteiger partial charge in [-0.15, -0.1) is 0 Å². The summed E-state index contributed by atoms with van der Waals surface area (Å²) >= 11 is 0. The Kier molecular flexibility index (Phi) is 15.8. The summed E-state index contributed by atoms with van der Waals surface area (Å²) in [7, 11) is 1.66. The Morgan fingerprint density at radius 1 is 0.975 bits per heavy atom. The van der Waals surface area contributed by atoms with Gasteiger partial charge in [0.1, 0.15) is 0 Å². The second-order valence-corrected chi connectivity index (χ2v) is 10.3. The predicted octanol–water partition coefficient (Wildman–Crippen LogP) is 7.11. The van der Waals surface area contributed by atoms with Crippen LogP contribution < -0.4 is 9.47 Å². The lowest BCUT2D eigenvalue weighted by Crippen LogP contribution is -2.46. The number of piperidine rings is 2. The molecule has 40 heavy (non-hydrogen) atoms. The van der Waals surface area contributed by atoms with Crippen molar-refractivity contribution < 1.29 is 14.3 Å². The number of aryl methyl sites for hydroxylation is 1. The van der Waals surface area contributed by atoms with E-state index in [1.807, 2.05) is 62.1 Å². The molecule has 2 saturated heterocycles. The highest BCUT2D eigenvalue weighted by Gasteiger charge is 2.37. The van der Waals surface area contributed by atoms with E-state index in [-0.39, 0.29) is 0 Å². The number of carbonyl (C=O) groups excluding carboxylic acids is 1. The predicted molar refractivity (Wildman–Crippen MR) is 166 cm³/mol. The fraction of sp³-hybridized carbons (Fsp3) is 0.529. The number of hydrogen-bond acceptors (Lipinski definition) is 5. The van der Waals surface area contributed by atoms with Gasteiger partial charge in [0.15, 0.2) is 11.5 Å². The van der Waals surface area contributed by atoms with Crippen LogP contribution in [0, 0.1) is 12.3 Å². The second kappa shape index (κ2) is 19.0. The Bertz CT molecular complexity index is 1000. The lowest BCUT2D eigenvalue weighted by atomic mass is 9.71. The smallest absolute Gasteiger partial charge is 0.209 e. The van der Waals surface area contributed by atoms with Gasteiger partial charge in [0.25, 0.3) is 0 Å². The lowest BCUT2D eigenvalue weighted by Gasteiger charge is -2.46. The summed E-state index contributed by atoms with van der Waals surface area (Å²) in [6, 6.07) is 11.7. The van der Waals surface area contributed by atoms with E-state index < -0.39 is 0 Å². The van der Waals surface area contributed by atoms with Crippen molar-refractivity contribution in [3.8, 4) is 11.5 Å². The van der Waals surface area contributed by atoms with Crippen LogP contribution in [0.5, 0.6) is 11.5 Å². The summed E-state index contributed by atoms with van der Waals surface area (Å²) in [5.74, 6) is 1.57. The van der Waals surface area contributed by atoms with Gasteiger partial charge in [-0.05, 0) is 93.8 Å². The second-order valence-electron chi connectivity index (χ2n) is 10.3. The van der Waals surface area contributed by atoms with Gasteiger partial charge < -0.3 is 14.4 Å². The molecule has 2 aliphatic heterocycles. The number of ether oxygens (including phenoxy) is 2. The van der Waals surface area contributed by atoms with Crippen LogP contribution in [0.1, 0.15) is 64.9 Å². The van der Waals surface area contributed by atoms with Crippen molar-refractivity contribution in [1.29, 1.82) is 0 Å². The number of allylic oxidation sites excluding steroid dienone is 2. The van der Waals surface area contributed by atoms with Crippen LogP contribution in [0.4, 0.5) is 0 Å². The van der Waals surface area contributed by atoms with Gasteiger partial charge in [-0.1, -0.05) is 56.7 Å². The average Bonchev–Trinajstić information content (AvgIpc) is 3.01. The molecular weight excluding hydrogens is 498 g/mol. The number of carbonyl (C=O) groups is 1. The molecule has 1 aromatic heterocycles. The Morgan fingerprint density at radius 3 is 2.15 bits per heavy atom. The number of nitrogens with zero attached hydrogens (tertiary/aromatic N) is 3. The van der Waals surface area contributed by atoms with E-state index in [1.54, 1.807) is 19.5 Å². The first-order chi connectivity index (χ1) is 19.6. The molecule has 0 unspecified atom stereocenters. The maximum Gasteiger partial charge on any atom is 0.209 e. The molecule has 4 rings (SSSR count). The first kappa shape index (κ1) is 33.1. The van der Waals surface area contributed by atoms with Crippen LogP contribution in [0.3, 0.4) is 0 Å². The van der Waals surface area contributed by atoms with Crippen LogP contribution in [-0.4, -0.2) is 67.6 Å². The third-order valence-corrected chi connectivity index (χ3v) is 7.73. The van der Waals surface area contributed by atoms with E-state index in [0.29, 0.717) is 12.0 Å². The van der Waals surface area contributed by atoms with Crippen LogP contribution in [0.15, 0.2) is 72.6 Å². The minimum Gasteiger partial charge on any atom is -0.493 e. The summed E-state index contributed by atoms with van der Waals surface area (Å²) in [5, 5.41) is 0. The Morgan fingerprint density at radius 2 is 1.60 bits per heavy atom. The molecule has 3 heterocycles. The van der Waals surface area contributed by atoms with Gasteiger partial charge in [-0.3, -0.25) is 14.7 Å². The molecule has 6 heteroatoms. The maximum atomic E-state index is 11.0. The molecule has 0 radical (unpaired) electrons. The molecule has 0 aliphatic carbocycles. The van der Waals surface area contributed by atoms with E-state index in [4.69, 9.17) is 9.47 Å². The quantitative estimate of drug-likeness (QED) is 0.180. The molecular formula is C34H51N3O3. The van der Waals surface area contributed by atoms with Gasteiger partial charge in [0.2, 0.25) is 6.41 Å². The highest BCUT2D eigenvalue weighted by molar-refractivity contribution is 5.47. The molecule has 2 fully saturated rings. The topological polar surface area (TPSA) is 54.9 Å². The fourth-order valence-corrected chi connectivity index (χ4v) is 5.06. The van der Waals surface area contributed by atoms with E-state index in [0.717, 1.165) is 50.4 Å². The maximum absolute atomic E-state index is 11.0. The Balaban J connectivity index is 0.000000534. The van der Waals surface area contributed by atoms with Gasteiger partial charge in [0, 0.05) is 32.0 Å². The Hall–Kier alpha value is -3.12. The number of methoxy groups -OCH3 is 1. The summed E-state index contributed by atoms with van der Waals surface area (Å²) in [4.78, 5) is 19.3. The SMILES string of the molecule is CC.CC/C(=C\C=C/CCOc1ccccc1OC)CN1CCC2(CCN(C=O)CC2)CC1.Cc1ccncc1. The molecule has 1 amide bonds. The summed E-state index contributed by atoms with van der Waals surface area (Å²) < 4.78 is 11.1. The lowest BCUT2D eigenvalue weighted by molar-refractivity contribution is -0.120. The van der Waals surface area contributed by atoms with Crippen LogP contribution >= 0.6 is 0 Å². The zero-order chi connectivity index (χ0) is 29.1. The van der Waals surface area contributed by atoms with Crippen LogP contribution in [-0.2, 0) is 4.79 Å².